The zero-order valence-corrected chi connectivity index (χ0v) is 14.0. The summed E-state index contributed by atoms with van der Waals surface area (Å²) in [6.07, 6.45) is 1.08. The molecule has 0 aliphatic rings. The second-order valence-corrected chi connectivity index (χ2v) is 5.87. The van der Waals surface area contributed by atoms with Gasteiger partial charge >= 0.3 is 0 Å². The summed E-state index contributed by atoms with van der Waals surface area (Å²) in [6, 6.07) is 6.23. The fourth-order valence-corrected chi connectivity index (χ4v) is 2.64. The number of benzene rings is 1. The number of aromatic nitrogens is 2. The van der Waals surface area contributed by atoms with Crippen molar-refractivity contribution in [2.24, 2.45) is 0 Å². The molecule has 20 heavy (non-hydrogen) atoms. The Morgan fingerprint density at radius 1 is 1.15 bits per heavy atom. The van der Waals surface area contributed by atoms with Crippen LogP contribution in [-0.4, -0.2) is 16.5 Å². The van der Waals surface area contributed by atoms with Crippen LogP contribution in [0.25, 0.3) is 11.4 Å². The topological polar surface area (TPSA) is 37.8 Å². The summed E-state index contributed by atoms with van der Waals surface area (Å²) in [5, 5.41) is 3.38. The van der Waals surface area contributed by atoms with E-state index in [0.29, 0.717) is 0 Å². The largest absolute Gasteiger partial charge is 0.370 e. The molecule has 4 heteroatoms. The highest BCUT2D eigenvalue weighted by molar-refractivity contribution is 9.10. The van der Waals surface area contributed by atoms with Crippen molar-refractivity contribution in [1.29, 1.82) is 0 Å². The van der Waals surface area contributed by atoms with E-state index in [2.05, 4.69) is 70.2 Å². The minimum Gasteiger partial charge on any atom is -0.370 e. The summed E-state index contributed by atoms with van der Waals surface area (Å²) in [5.74, 6) is 1.69. The van der Waals surface area contributed by atoms with Gasteiger partial charge in [0.1, 0.15) is 5.82 Å². The number of hydrogen-bond donors (Lipinski definition) is 1. The monoisotopic (exact) mass is 333 g/mol. The maximum Gasteiger partial charge on any atom is 0.162 e. The fourth-order valence-electron chi connectivity index (χ4n) is 1.97. The van der Waals surface area contributed by atoms with Crippen LogP contribution in [0.2, 0.25) is 0 Å². The summed E-state index contributed by atoms with van der Waals surface area (Å²) < 4.78 is 1.03. The summed E-state index contributed by atoms with van der Waals surface area (Å²) in [4.78, 5) is 9.30. The highest BCUT2D eigenvalue weighted by Crippen LogP contribution is 2.28. The molecule has 0 aliphatic carbocycles. The van der Waals surface area contributed by atoms with Crippen LogP contribution in [0.4, 0.5) is 5.82 Å². The number of halogens is 1. The van der Waals surface area contributed by atoms with Crippen molar-refractivity contribution in [1.82, 2.24) is 9.97 Å². The van der Waals surface area contributed by atoms with Gasteiger partial charge in [-0.2, -0.15) is 0 Å². The number of rotatable bonds is 4. The average Bonchev–Trinajstić information content (AvgIpc) is 2.40. The van der Waals surface area contributed by atoms with Crippen molar-refractivity contribution in [2.75, 3.05) is 11.9 Å². The van der Waals surface area contributed by atoms with Gasteiger partial charge in [-0.15, -0.1) is 0 Å². The lowest BCUT2D eigenvalue weighted by molar-refractivity contribution is 0.954. The van der Waals surface area contributed by atoms with Crippen LogP contribution in [0.1, 0.15) is 30.2 Å². The Balaban J connectivity index is 2.48. The molecular weight excluding hydrogens is 314 g/mol. The fraction of sp³-hybridized carbons (Fsp3) is 0.375. The molecule has 2 aromatic rings. The normalized spacial score (nSPS) is 10.7. The number of anilines is 1. The van der Waals surface area contributed by atoms with Gasteiger partial charge in [0.05, 0.1) is 0 Å². The third-order valence-electron chi connectivity index (χ3n) is 3.30. The Morgan fingerprint density at radius 3 is 2.55 bits per heavy atom. The van der Waals surface area contributed by atoms with Crippen molar-refractivity contribution >= 4 is 21.7 Å². The molecule has 0 bridgehead atoms. The molecule has 0 spiro atoms. The minimum atomic E-state index is 0.763. The third kappa shape index (κ3) is 3.18. The lowest BCUT2D eigenvalue weighted by Gasteiger charge is -2.12. The second kappa shape index (κ2) is 6.35. The molecule has 0 fully saturated rings. The van der Waals surface area contributed by atoms with Gasteiger partial charge in [0.2, 0.25) is 0 Å². The Kier molecular flexibility index (Phi) is 4.76. The third-order valence-corrected chi connectivity index (χ3v) is 3.95. The van der Waals surface area contributed by atoms with Crippen LogP contribution in [0.15, 0.2) is 22.7 Å². The van der Waals surface area contributed by atoms with Gasteiger partial charge in [0.15, 0.2) is 5.82 Å². The van der Waals surface area contributed by atoms with E-state index in [1.165, 1.54) is 5.56 Å². The van der Waals surface area contributed by atoms with Gasteiger partial charge in [-0.05, 0) is 44.9 Å². The molecule has 1 aromatic heterocycles. The van der Waals surface area contributed by atoms with Crippen LogP contribution in [0.5, 0.6) is 0 Å². The standard InChI is InChI=1S/C16H20BrN3/c1-5-8-18-15-11(3)12(4)19-16(20-15)13-7-6-10(2)9-14(13)17/h6-7,9H,5,8H2,1-4H3,(H,18,19,20). The molecule has 0 unspecified atom stereocenters. The van der Waals surface area contributed by atoms with Crippen LogP contribution < -0.4 is 5.32 Å². The van der Waals surface area contributed by atoms with E-state index in [1.807, 2.05) is 6.92 Å². The first kappa shape index (κ1) is 15.0. The molecule has 1 aromatic carbocycles. The Bertz CT molecular complexity index is 623. The van der Waals surface area contributed by atoms with Crippen molar-refractivity contribution in [3.8, 4) is 11.4 Å². The lowest BCUT2D eigenvalue weighted by atomic mass is 10.1. The number of hydrogen-bond acceptors (Lipinski definition) is 3. The van der Waals surface area contributed by atoms with Gasteiger partial charge < -0.3 is 5.32 Å². The summed E-state index contributed by atoms with van der Waals surface area (Å²) in [6.45, 7) is 9.23. The average molecular weight is 334 g/mol. The zero-order chi connectivity index (χ0) is 14.7. The molecule has 0 aliphatic heterocycles. The van der Waals surface area contributed by atoms with E-state index in [9.17, 15) is 0 Å². The van der Waals surface area contributed by atoms with E-state index >= 15 is 0 Å². The Morgan fingerprint density at radius 2 is 1.90 bits per heavy atom. The lowest BCUT2D eigenvalue weighted by Crippen LogP contribution is -2.07. The second-order valence-electron chi connectivity index (χ2n) is 5.02. The summed E-state index contributed by atoms with van der Waals surface area (Å²) >= 11 is 3.60. The molecule has 0 atom stereocenters. The van der Waals surface area contributed by atoms with E-state index in [4.69, 9.17) is 0 Å². The maximum absolute atomic E-state index is 4.68. The highest BCUT2D eigenvalue weighted by Gasteiger charge is 2.11. The molecule has 0 amide bonds. The van der Waals surface area contributed by atoms with Gasteiger partial charge in [-0.3, -0.25) is 0 Å². The number of nitrogens with one attached hydrogen (secondary N) is 1. The first-order chi connectivity index (χ1) is 9.52. The quantitative estimate of drug-likeness (QED) is 0.884. The van der Waals surface area contributed by atoms with E-state index < -0.39 is 0 Å². The molecule has 1 heterocycles. The van der Waals surface area contributed by atoms with Crippen molar-refractivity contribution in [2.45, 2.75) is 34.1 Å². The van der Waals surface area contributed by atoms with Gasteiger partial charge in [0, 0.05) is 27.8 Å². The van der Waals surface area contributed by atoms with Crippen LogP contribution in [0.3, 0.4) is 0 Å². The summed E-state index contributed by atoms with van der Waals surface area (Å²) in [7, 11) is 0. The Hall–Kier alpha value is -1.42. The molecule has 106 valence electrons. The molecule has 3 nitrogen and oxygen atoms in total. The first-order valence-corrected chi connectivity index (χ1v) is 7.68. The predicted octanol–water partition coefficient (Wildman–Crippen LogP) is 4.65. The molecule has 0 radical (unpaired) electrons. The predicted molar refractivity (Wildman–Crippen MR) is 88.2 cm³/mol. The molecular formula is C16H20BrN3. The van der Waals surface area contributed by atoms with Crippen LogP contribution >= 0.6 is 15.9 Å². The highest BCUT2D eigenvalue weighted by atomic mass is 79.9. The van der Waals surface area contributed by atoms with Gasteiger partial charge in [-0.1, -0.05) is 28.9 Å². The maximum atomic E-state index is 4.68. The van der Waals surface area contributed by atoms with E-state index in [1.54, 1.807) is 0 Å². The molecule has 1 N–H and O–H groups in total. The number of nitrogens with zero attached hydrogens (tertiary/aromatic N) is 2. The molecule has 0 saturated heterocycles. The minimum absolute atomic E-state index is 0.763. The van der Waals surface area contributed by atoms with Crippen LogP contribution in [0, 0.1) is 20.8 Å². The smallest absolute Gasteiger partial charge is 0.162 e. The SMILES string of the molecule is CCCNc1nc(-c2ccc(C)cc2Br)nc(C)c1C. The zero-order valence-electron chi connectivity index (χ0n) is 12.4. The van der Waals surface area contributed by atoms with Gasteiger partial charge in [-0.25, -0.2) is 9.97 Å². The van der Waals surface area contributed by atoms with Crippen molar-refractivity contribution in [3.63, 3.8) is 0 Å². The Labute approximate surface area is 129 Å². The van der Waals surface area contributed by atoms with E-state index in [0.717, 1.165) is 45.9 Å². The number of aryl methyl sites for hydroxylation is 2. The van der Waals surface area contributed by atoms with Gasteiger partial charge in [0.25, 0.3) is 0 Å². The molecule has 0 saturated carbocycles. The molecule has 2 rings (SSSR count). The van der Waals surface area contributed by atoms with Crippen LogP contribution in [-0.2, 0) is 0 Å². The van der Waals surface area contributed by atoms with Crippen molar-refractivity contribution in [3.05, 3.63) is 39.5 Å². The van der Waals surface area contributed by atoms with Crippen molar-refractivity contribution < 1.29 is 0 Å². The summed E-state index contributed by atoms with van der Waals surface area (Å²) in [5.41, 5.74) is 4.37. The van der Waals surface area contributed by atoms with E-state index in [-0.39, 0.29) is 0 Å². The first-order valence-electron chi connectivity index (χ1n) is 6.88.